The van der Waals surface area contributed by atoms with Gasteiger partial charge in [0.2, 0.25) is 0 Å². The van der Waals surface area contributed by atoms with E-state index in [1.807, 2.05) is 170 Å². The first-order chi connectivity index (χ1) is 34.0. The highest BCUT2D eigenvalue weighted by atomic mass is 16.7. The van der Waals surface area contributed by atoms with E-state index >= 15 is 0 Å². The number of ether oxygens (including phenoxy) is 10. The fourth-order valence-corrected chi connectivity index (χ4v) is 8.28. The van der Waals surface area contributed by atoms with E-state index in [-0.39, 0.29) is 25.9 Å². The molecule has 8 atom stereocenters. The van der Waals surface area contributed by atoms with Crippen molar-refractivity contribution in [2.24, 2.45) is 5.73 Å². The third-order valence-electron chi connectivity index (χ3n) is 12.1. The molecule has 6 aromatic carbocycles. The Morgan fingerprint density at radius 3 is 1.39 bits per heavy atom. The number of rotatable bonds is 29. The molecule has 2 N–H and O–H groups in total. The van der Waals surface area contributed by atoms with Crippen molar-refractivity contribution in [1.82, 2.24) is 0 Å². The van der Waals surface area contributed by atoms with Crippen molar-refractivity contribution in [1.29, 1.82) is 0 Å². The van der Waals surface area contributed by atoms with E-state index in [2.05, 4.69) is 6.92 Å². The second kappa shape index (κ2) is 28.3. The minimum absolute atomic E-state index is 0.0518. The maximum atomic E-state index is 7.28. The average Bonchev–Trinajstić information content (AvgIpc) is 3.40. The van der Waals surface area contributed by atoms with Crippen LogP contribution in [0, 0.1) is 0 Å². The Bertz CT molecular complexity index is 2270. The fourth-order valence-electron chi connectivity index (χ4n) is 8.28. The maximum absolute atomic E-state index is 7.28. The number of hydrogen-bond acceptors (Lipinski definition) is 11. The standard InChI is InChI=1S/C58H69NO10/c1-4-5-26-52(63-36-47-27-31-49(60-2)32-28-47)54(64-40-48-29-33-50(61-3)34-30-48)51(59)41-68-58-57(67-39-46-24-16-9-17-25-46)56(66-38-45-22-14-8-15-23-45)55(65-37-44-20-12-7-13-21-44)53(69-58)42-62-35-43-18-10-6-11-19-43/h6-25,27-34,51-58H,4-5,26,35-42,59H2,1-3H3/t51-,52+,53?,54-,55-,56-,57?,58+/m0/s1. The second-order valence-electron chi connectivity index (χ2n) is 17.3. The van der Waals surface area contributed by atoms with Crippen LogP contribution in [0.3, 0.4) is 0 Å². The fraction of sp³-hybridized carbons (Fsp3) is 0.379. The van der Waals surface area contributed by atoms with Gasteiger partial charge in [-0.1, -0.05) is 165 Å². The van der Waals surface area contributed by atoms with Crippen LogP contribution in [-0.4, -0.2) is 76.4 Å². The Morgan fingerprint density at radius 2 is 0.913 bits per heavy atom. The minimum Gasteiger partial charge on any atom is -0.497 e. The number of nitrogens with two attached hydrogens (primary N) is 1. The molecule has 1 aliphatic rings. The number of unbranched alkanes of at least 4 members (excludes halogenated alkanes) is 1. The summed E-state index contributed by atoms with van der Waals surface area (Å²) < 4.78 is 65.5. The van der Waals surface area contributed by atoms with E-state index < -0.39 is 42.9 Å². The molecule has 0 bridgehead atoms. The summed E-state index contributed by atoms with van der Waals surface area (Å²) in [6, 6.07) is 55.4. The van der Waals surface area contributed by atoms with Crippen molar-refractivity contribution in [3.05, 3.63) is 203 Å². The summed E-state index contributed by atoms with van der Waals surface area (Å²) in [7, 11) is 3.31. The van der Waals surface area contributed by atoms with Gasteiger partial charge in [0.05, 0.1) is 79.2 Å². The van der Waals surface area contributed by atoms with E-state index in [1.54, 1.807) is 14.2 Å². The first-order valence-electron chi connectivity index (χ1n) is 24.1. The van der Waals surface area contributed by atoms with E-state index in [0.717, 1.165) is 64.1 Å². The first-order valence-corrected chi connectivity index (χ1v) is 24.1. The van der Waals surface area contributed by atoms with Crippen LogP contribution >= 0.6 is 0 Å². The largest absolute Gasteiger partial charge is 0.497 e. The molecule has 0 saturated carbocycles. The molecule has 0 amide bonds. The van der Waals surface area contributed by atoms with Crippen LogP contribution in [0.5, 0.6) is 11.5 Å². The Morgan fingerprint density at radius 1 is 0.478 bits per heavy atom. The van der Waals surface area contributed by atoms with E-state index in [1.165, 1.54) is 0 Å². The van der Waals surface area contributed by atoms with E-state index in [4.69, 9.17) is 53.1 Å². The van der Waals surface area contributed by atoms with Crippen molar-refractivity contribution in [3.8, 4) is 11.5 Å². The summed E-state index contributed by atoms with van der Waals surface area (Å²) >= 11 is 0. The Labute approximate surface area is 408 Å². The molecule has 1 heterocycles. The van der Waals surface area contributed by atoms with Gasteiger partial charge in [0.25, 0.3) is 0 Å². The van der Waals surface area contributed by atoms with E-state index in [0.29, 0.717) is 33.0 Å². The molecular formula is C58H69NO10. The van der Waals surface area contributed by atoms with Gasteiger partial charge in [-0.25, -0.2) is 0 Å². The lowest BCUT2D eigenvalue weighted by Crippen LogP contribution is -2.62. The molecule has 6 aromatic rings. The van der Waals surface area contributed by atoms with Crippen LogP contribution in [0.25, 0.3) is 0 Å². The topological polar surface area (TPSA) is 118 Å². The minimum atomic E-state index is -0.945. The normalized spacial score (nSPS) is 19.4. The number of hydrogen-bond donors (Lipinski definition) is 1. The maximum Gasteiger partial charge on any atom is 0.187 e. The lowest BCUT2D eigenvalue weighted by molar-refractivity contribution is -0.329. The quantitative estimate of drug-likeness (QED) is 0.0484. The highest BCUT2D eigenvalue weighted by molar-refractivity contribution is 5.28. The van der Waals surface area contributed by atoms with Gasteiger partial charge in [-0.2, -0.15) is 0 Å². The molecule has 69 heavy (non-hydrogen) atoms. The molecule has 0 radical (unpaired) electrons. The highest BCUT2D eigenvalue weighted by Gasteiger charge is 2.49. The highest BCUT2D eigenvalue weighted by Crippen LogP contribution is 2.32. The molecule has 1 saturated heterocycles. The van der Waals surface area contributed by atoms with Crippen LogP contribution in [0.1, 0.15) is 59.6 Å². The van der Waals surface area contributed by atoms with Gasteiger partial charge in [-0.3, -0.25) is 0 Å². The van der Waals surface area contributed by atoms with Crippen molar-refractivity contribution < 1.29 is 47.4 Å². The lowest BCUT2D eigenvalue weighted by atomic mass is 9.97. The van der Waals surface area contributed by atoms with Crippen LogP contribution in [-0.2, 0) is 77.5 Å². The van der Waals surface area contributed by atoms with Crippen molar-refractivity contribution >= 4 is 0 Å². The van der Waals surface area contributed by atoms with Gasteiger partial charge >= 0.3 is 0 Å². The van der Waals surface area contributed by atoms with Crippen LogP contribution in [0.15, 0.2) is 170 Å². The van der Waals surface area contributed by atoms with Gasteiger partial charge < -0.3 is 53.1 Å². The Hall–Kier alpha value is -5.44. The number of methoxy groups -OCH3 is 2. The summed E-state index contributed by atoms with van der Waals surface area (Å²) in [5.41, 5.74) is 13.3. The Kier molecular flexibility index (Phi) is 21.1. The molecule has 11 heteroatoms. The third-order valence-corrected chi connectivity index (χ3v) is 12.1. The molecule has 2 unspecified atom stereocenters. The first kappa shape index (κ1) is 51.4. The van der Waals surface area contributed by atoms with Gasteiger partial charge in [0, 0.05) is 0 Å². The number of benzene rings is 6. The second-order valence-corrected chi connectivity index (χ2v) is 17.3. The third kappa shape index (κ3) is 16.3. The molecule has 11 nitrogen and oxygen atoms in total. The van der Waals surface area contributed by atoms with Crippen molar-refractivity contribution in [2.45, 2.75) is 115 Å². The lowest BCUT2D eigenvalue weighted by Gasteiger charge is -2.46. The van der Waals surface area contributed by atoms with Crippen LogP contribution in [0.4, 0.5) is 0 Å². The zero-order chi connectivity index (χ0) is 47.9. The zero-order valence-corrected chi connectivity index (χ0v) is 40.2. The summed E-state index contributed by atoms with van der Waals surface area (Å²) in [4.78, 5) is 0. The average molecular weight is 940 g/mol. The smallest absolute Gasteiger partial charge is 0.187 e. The van der Waals surface area contributed by atoms with Gasteiger partial charge in [-0.15, -0.1) is 0 Å². The molecule has 366 valence electrons. The predicted molar refractivity (Wildman–Crippen MR) is 266 cm³/mol. The molecule has 0 spiro atoms. The van der Waals surface area contributed by atoms with Gasteiger partial charge in [-0.05, 0) is 64.1 Å². The molecule has 1 fully saturated rings. The Balaban J connectivity index is 1.19. The van der Waals surface area contributed by atoms with Crippen LogP contribution in [0.2, 0.25) is 0 Å². The zero-order valence-electron chi connectivity index (χ0n) is 40.2. The summed E-state index contributed by atoms with van der Waals surface area (Å²) in [5.74, 6) is 1.55. The van der Waals surface area contributed by atoms with Crippen molar-refractivity contribution in [2.75, 3.05) is 27.4 Å². The van der Waals surface area contributed by atoms with Gasteiger partial charge in [0.15, 0.2) is 6.29 Å². The SMILES string of the molecule is CCCC[C@@H](OCc1ccc(OC)cc1)[C@@H](OCc1ccc(OC)cc1)[C@@H](N)CO[C@@H]1OC(COCc2ccccc2)[C@H](OCc2ccccc2)[C@H](OCc2ccccc2)C1OCc1ccccc1. The monoisotopic (exact) mass is 939 g/mol. The van der Waals surface area contributed by atoms with E-state index in [9.17, 15) is 0 Å². The molecule has 7 rings (SSSR count). The predicted octanol–water partition coefficient (Wildman–Crippen LogP) is 10.4. The summed E-state index contributed by atoms with van der Waals surface area (Å²) in [6.07, 6.45) is -1.92. The molecule has 0 aromatic heterocycles. The summed E-state index contributed by atoms with van der Waals surface area (Å²) in [5, 5.41) is 0. The van der Waals surface area contributed by atoms with Crippen LogP contribution < -0.4 is 15.2 Å². The van der Waals surface area contributed by atoms with Crippen molar-refractivity contribution in [3.63, 3.8) is 0 Å². The molecule has 0 aliphatic carbocycles. The molecular weight excluding hydrogens is 871 g/mol. The van der Waals surface area contributed by atoms with Gasteiger partial charge in [0.1, 0.15) is 42.0 Å². The summed E-state index contributed by atoms with van der Waals surface area (Å²) in [6.45, 7) is 4.37. The molecule has 1 aliphatic heterocycles.